The molecule has 1 heterocycles. The number of methoxy groups -OCH3 is 1. The molecule has 11 heteroatoms. The van der Waals surface area contributed by atoms with Gasteiger partial charge in [-0.05, 0) is 123 Å². The van der Waals surface area contributed by atoms with Gasteiger partial charge in [-0.3, -0.25) is 9.69 Å². The highest BCUT2D eigenvalue weighted by Gasteiger charge is 2.44. The minimum atomic E-state index is -0.744. The zero-order valence-corrected chi connectivity index (χ0v) is 32.1. The van der Waals surface area contributed by atoms with Crippen LogP contribution in [0.15, 0.2) is 54.3 Å². The lowest BCUT2D eigenvalue weighted by Gasteiger charge is -2.44. The highest BCUT2D eigenvalue weighted by molar-refractivity contribution is 6.37. The van der Waals surface area contributed by atoms with Crippen molar-refractivity contribution in [2.45, 2.75) is 71.2 Å². The van der Waals surface area contributed by atoms with E-state index in [0.29, 0.717) is 67.1 Å². The Hall–Kier alpha value is -2.79. The Morgan fingerprint density at radius 3 is 2.46 bits per heavy atom. The molecule has 7 atom stereocenters. The molecule has 0 spiro atoms. The number of carbonyl (C=O) groups is 1. The summed E-state index contributed by atoms with van der Waals surface area (Å²) < 4.78 is 23.4. The lowest BCUT2D eigenvalue weighted by molar-refractivity contribution is -0.138. The Balaban J connectivity index is 1.09. The Morgan fingerprint density at radius 2 is 1.77 bits per heavy atom. The number of benzene rings is 2. The molecule has 0 bridgehead atoms. The molecular formula is C41H54Cl2N2O7. The quantitative estimate of drug-likeness (QED) is 0.101. The number of allylic oxidation sites excluding steroid dienone is 3. The second-order valence-corrected chi connectivity index (χ2v) is 15.9. The van der Waals surface area contributed by atoms with E-state index in [4.69, 9.17) is 42.1 Å². The fraction of sp³-hybridized carbons (Fsp3) is 0.585. The summed E-state index contributed by atoms with van der Waals surface area (Å²) in [7, 11) is 1.72. The van der Waals surface area contributed by atoms with Crippen molar-refractivity contribution in [2.75, 3.05) is 46.6 Å². The Kier molecular flexibility index (Phi) is 13.5. The number of carboxylic acids is 1. The zero-order chi connectivity index (χ0) is 36.8. The van der Waals surface area contributed by atoms with Crippen LogP contribution in [0, 0.1) is 42.4 Å². The molecule has 3 aliphatic carbocycles. The lowest BCUT2D eigenvalue weighted by Crippen LogP contribution is -2.52. The van der Waals surface area contributed by atoms with Crippen molar-refractivity contribution in [2.24, 2.45) is 35.5 Å². The van der Waals surface area contributed by atoms with E-state index in [1.165, 1.54) is 0 Å². The third kappa shape index (κ3) is 10.2. The van der Waals surface area contributed by atoms with E-state index >= 15 is 0 Å². The smallest absolute Gasteiger partial charge is 0.306 e. The third-order valence-electron chi connectivity index (χ3n) is 11.0. The van der Waals surface area contributed by atoms with E-state index in [0.717, 1.165) is 73.4 Å². The number of carboxylic acid groups (broad SMARTS) is 1. The number of aryl methyl sites for hydroxylation is 2. The van der Waals surface area contributed by atoms with Gasteiger partial charge in [0.1, 0.15) is 31.0 Å². The van der Waals surface area contributed by atoms with Crippen molar-refractivity contribution in [1.29, 1.82) is 0 Å². The number of hydrogen-bond acceptors (Lipinski definition) is 8. The van der Waals surface area contributed by atoms with Crippen LogP contribution in [0.2, 0.25) is 10.0 Å². The summed E-state index contributed by atoms with van der Waals surface area (Å²) in [5.41, 5.74) is 3.25. The molecule has 3 N–H and O–H groups in total. The average molecular weight is 758 g/mol. The predicted octanol–water partition coefficient (Wildman–Crippen LogP) is 7.29. The summed E-state index contributed by atoms with van der Waals surface area (Å²) in [5.74, 6) is 1.95. The Morgan fingerprint density at radius 1 is 1.02 bits per heavy atom. The van der Waals surface area contributed by atoms with Gasteiger partial charge in [-0.25, -0.2) is 0 Å². The van der Waals surface area contributed by atoms with Crippen LogP contribution >= 0.6 is 23.2 Å². The first-order chi connectivity index (χ1) is 25.1. The predicted molar refractivity (Wildman–Crippen MR) is 203 cm³/mol. The first-order valence-electron chi connectivity index (χ1n) is 18.8. The van der Waals surface area contributed by atoms with Gasteiger partial charge in [-0.15, -0.1) is 0 Å². The molecular weight excluding hydrogens is 703 g/mol. The zero-order valence-electron chi connectivity index (χ0n) is 30.6. The number of hydrogen-bond donors (Lipinski definition) is 3. The first kappa shape index (κ1) is 38.9. The fourth-order valence-electron chi connectivity index (χ4n) is 7.98. The second-order valence-electron chi connectivity index (χ2n) is 15.1. The molecule has 52 heavy (non-hydrogen) atoms. The van der Waals surface area contributed by atoms with Gasteiger partial charge in [0.25, 0.3) is 0 Å². The first-order valence-corrected chi connectivity index (χ1v) is 19.6. The molecule has 2 saturated carbocycles. The van der Waals surface area contributed by atoms with Crippen molar-refractivity contribution in [3.63, 3.8) is 0 Å². The number of rotatable bonds is 19. The van der Waals surface area contributed by atoms with Gasteiger partial charge in [-0.1, -0.05) is 42.3 Å². The largest absolute Gasteiger partial charge is 0.493 e. The molecule has 2 aromatic rings. The molecule has 1 aliphatic heterocycles. The standard InChI is InChI=1S/C41H54Cl2N2O7/c1-25-15-37(42)39(38(43)16-25)51-14-13-50-31-8-9-33(26(2)17-31)34-10-11-44-22-36(34)40(46)45(30-6-7-30)23-28-18-27(5-4-12-49-3)19-32(20-28)52-24-29-21-35(29)41(47)48/h8-9,15-20,26,29-30,33-36,40,44,46H,4-7,10-14,21-24H2,1-3H3,(H,47,48)/t26?,29-,33?,34+,35+,36-,40?/m1/s1. The number of nitrogens with zero attached hydrogens (tertiary/aromatic N) is 1. The number of nitrogens with one attached hydrogen (secondary N) is 1. The molecule has 4 aliphatic rings. The van der Waals surface area contributed by atoms with Crippen LogP contribution in [0.1, 0.15) is 55.7 Å². The van der Waals surface area contributed by atoms with Crippen LogP contribution in [0.5, 0.6) is 11.5 Å². The van der Waals surface area contributed by atoms with Crippen LogP contribution in [-0.4, -0.2) is 80.0 Å². The summed E-state index contributed by atoms with van der Waals surface area (Å²) in [4.78, 5) is 13.7. The van der Waals surface area contributed by atoms with Crippen molar-refractivity contribution in [3.8, 4) is 11.5 Å². The monoisotopic (exact) mass is 756 g/mol. The van der Waals surface area contributed by atoms with Crippen LogP contribution in [0.3, 0.4) is 0 Å². The normalized spacial score (nSPS) is 26.2. The molecule has 284 valence electrons. The van der Waals surface area contributed by atoms with E-state index in [1.807, 2.05) is 19.1 Å². The Labute approximate surface area is 318 Å². The minimum Gasteiger partial charge on any atom is -0.493 e. The van der Waals surface area contributed by atoms with Crippen molar-refractivity contribution in [3.05, 3.63) is 81.1 Å². The van der Waals surface area contributed by atoms with Gasteiger partial charge in [0.05, 0.1) is 22.6 Å². The summed E-state index contributed by atoms with van der Waals surface area (Å²) in [6, 6.07) is 10.4. The fourth-order valence-corrected chi connectivity index (χ4v) is 8.68. The van der Waals surface area contributed by atoms with E-state index in [9.17, 15) is 15.0 Å². The van der Waals surface area contributed by atoms with E-state index in [1.54, 1.807) is 7.11 Å². The molecule has 0 aromatic heterocycles. The van der Waals surface area contributed by atoms with Gasteiger partial charge >= 0.3 is 5.97 Å². The maximum Gasteiger partial charge on any atom is 0.306 e. The maximum absolute atomic E-state index is 12.2. The van der Waals surface area contributed by atoms with Crippen molar-refractivity contribution in [1.82, 2.24) is 10.2 Å². The van der Waals surface area contributed by atoms with Gasteiger partial charge in [0, 0.05) is 44.7 Å². The number of piperidine rings is 1. The molecule has 3 fully saturated rings. The van der Waals surface area contributed by atoms with E-state index < -0.39 is 12.2 Å². The molecule has 0 radical (unpaired) electrons. The van der Waals surface area contributed by atoms with Crippen molar-refractivity contribution >= 4 is 29.2 Å². The second kappa shape index (κ2) is 18.0. The topological polar surface area (TPSA) is 110 Å². The lowest BCUT2D eigenvalue weighted by atomic mass is 9.70. The summed E-state index contributed by atoms with van der Waals surface area (Å²) in [6.45, 7) is 8.25. The minimum absolute atomic E-state index is 0.0585. The SMILES string of the molecule is COCCCc1cc(CN(C2CC2)C(O)[C@@H]2CNCC[C@H]2C2C=CC(OCCOc3c(Cl)cc(C)cc3Cl)=CC2C)cc(OC[C@H]2C[C@@H]2C(=O)O)c1. The summed E-state index contributed by atoms with van der Waals surface area (Å²) in [6.07, 6.45) is 11.5. The van der Waals surface area contributed by atoms with Crippen LogP contribution in [0.25, 0.3) is 0 Å². The molecule has 1 saturated heterocycles. The highest BCUT2D eigenvalue weighted by Crippen LogP contribution is 2.42. The average Bonchev–Trinajstić information content (AvgIpc) is 4.05. The Bertz CT molecular complexity index is 1570. The number of aliphatic hydroxyl groups is 1. The van der Waals surface area contributed by atoms with Crippen LogP contribution < -0.4 is 14.8 Å². The third-order valence-corrected chi connectivity index (χ3v) is 11.5. The number of aliphatic carboxylic acids is 1. The molecule has 3 unspecified atom stereocenters. The van der Waals surface area contributed by atoms with Gasteiger partial charge in [0.15, 0.2) is 5.75 Å². The molecule has 2 aromatic carbocycles. The molecule has 0 amide bonds. The van der Waals surface area contributed by atoms with Crippen LogP contribution in [0.4, 0.5) is 0 Å². The molecule has 6 rings (SSSR count). The maximum atomic E-state index is 12.2. The highest BCUT2D eigenvalue weighted by atomic mass is 35.5. The summed E-state index contributed by atoms with van der Waals surface area (Å²) in [5, 5.41) is 26.1. The van der Waals surface area contributed by atoms with Crippen molar-refractivity contribution < 1.29 is 34.0 Å². The van der Waals surface area contributed by atoms with Gasteiger partial charge in [0.2, 0.25) is 0 Å². The van der Waals surface area contributed by atoms with Crippen LogP contribution in [-0.2, 0) is 27.2 Å². The van der Waals surface area contributed by atoms with E-state index in [-0.39, 0.29) is 29.6 Å². The van der Waals surface area contributed by atoms with Gasteiger partial charge in [-0.2, -0.15) is 0 Å². The molecule has 9 nitrogen and oxygen atoms in total. The number of aliphatic hydroxyl groups excluding tert-OH is 1. The number of ether oxygens (including phenoxy) is 4. The van der Waals surface area contributed by atoms with E-state index in [2.05, 4.69) is 53.6 Å². The summed E-state index contributed by atoms with van der Waals surface area (Å²) >= 11 is 12.7. The number of halogens is 2. The van der Waals surface area contributed by atoms with Gasteiger partial charge < -0.3 is 34.5 Å².